The summed E-state index contributed by atoms with van der Waals surface area (Å²) in [6.45, 7) is 8.13. The molecule has 1 amide bonds. The molecule has 0 aromatic carbocycles. The number of fused-ring (bicyclic) bond motifs is 1. The quantitative estimate of drug-likeness (QED) is 0.616. The van der Waals surface area contributed by atoms with Crippen molar-refractivity contribution < 1.29 is 8.68 Å². The van der Waals surface area contributed by atoms with Gasteiger partial charge in [0.2, 0.25) is 0 Å². The lowest BCUT2D eigenvalue weighted by Crippen LogP contribution is -2.30. The third kappa shape index (κ3) is 4.29. The van der Waals surface area contributed by atoms with Gasteiger partial charge in [0, 0.05) is 25.0 Å². The van der Waals surface area contributed by atoms with Crippen LogP contribution in [0, 0.1) is 10.8 Å². The van der Waals surface area contributed by atoms with Crippen LogP contribution in [0.25, 0.3) is 11.2 Å². The zero-order valence-corrected chi connectivity index (χ0v) is 18.2. The molecule has 0 spiro atoms. The van der Waals surface area contributed by atoms with Crippen molar-refractivity contribution in [2.75, 3.05) is 7.05 Å². The fourth-order valence-corrected chi connectivity index (χ4v) is 3.95. The van der Waals surface area contributed by atoms with E-state index in [2.05, 4.69) is 34.4 Å². The standard InChI is InChI=1S/C20H27FN6OS/c1-11(2)25-19(28)13-10-27(29-21)18-17(13)26-15(9-24-18)16(22)12-6-7-20(3,4)8-14(12)23-5/h9-11,22-23H,6-8H2,1-5H3,(H,25,28). The highest BCUT2D eigenvalue weighted by atomic mass is 32.2. The predicted octanol–water partition coefficient (Wildman–Crippen LogP) is 4.00. The second-order valence-corrected chi connectivity index (χ2v) is 8.95. The Bertz CT molecular complexity index is 994. The number of aromatic nitrogens is 3. The topological polar surface area (TPSA) is 95.7 Å². The van der Waals surface area contributed by atoms with E-state index in [1.807, 2.05) is 20.9 Å². The summed E-state index contributed by atoms with van der Waals surface area (Å²) in [5.41, 5.74) is 3.57. The van der Waals surface area contributed by atoms with Gasteiger partial charge >= 0.3 is 0 Å². The number of halogens is 1. The lowest BCUT2D eigenvalue weighted by molar-refractivity contribution is 0.0944. The maximum atomic E-state index is 13.3. The number of hydrogen-bond acceptors (Lipinski definition) is 6. The number of nitrogens with zero attached hydrogens (tertiary/aromatic N) is 3. The molecule has 2 heterocycles. The second-order valence-electron chi connectivity index (χ2n) is 8.42. The van der Waals surface area contributed by atoms with Gasteiger partial charge in [-0.2, -0.15) is 0 Å². The van der Waals surface area contributed by atoms with Crippen LogP contribution in [0.5, 0.6) is 0 Å². The Kier molecular flexibility index (Phi) is 5.97. The zero-order chi connectivity index (χ0) is 21.3. The second kappa shape index (κ2) is 8.14. The van der Waals surface area contributed by atoms with E-state index in [4.69, 9.17) is 5.41 Å². The van der Waals surface area contributed by atoms with Gasteiger partial charge in [-0.1, -0.05) is 13.8 Å². The molecule has 2 aromatic rings. The van der Waals surface area contributed by atoms with E-state index in [9.17, 15) is 8.68 Å². The molecule has 0 fully saturated rings. The van der Waals surface area contributed by atoms with Crippen LogP contribution in [0.3, 0.4) is 0 Å². The van der Waals surface area contributed by atoms with E-state index in [1.54, 1.807) is 0 Å². The van der Waals surface area contributed by atoms with Gasteiger partial charge in [0.25, 0.3) is 5.91 Å². The summed E-state index contributed by atoms with van der Waals surface area (Å²) in [6.07, 6.45) is 5.46. The van der Waals surface area contributed by atoms with Gasteiger partial charge in [0.15, 0.2) is 18.0 Å². The highest BCUT2D eigenvalue weighted by Gasteiger charge is 2.29. The number of carbonyl (C=O) groups is 1. The molecule has 2 aromatic heterocycles. The summed E-state index contributed by atoms with van der Waals surface area (Å²) in [5, 5.41) is 14.8. The van der Waals surface area contributed by atoms with Gasteiger partial charge in [-0.25, -0.2) is 13.9 Å². The first-order valence-electron chi connectivity index (χ1n) is 9.64. The molecule has 0 aliphatic heterocycles. The molecule has 156 valence electrons. The van der Waals surface area contributed by atoms with Crippen LogP contribution < -0.4 is 10.6 Å². The molecule has 0 saturated heterocycles. The average Bonchev–Trinajstić information content (AvgIpc) is 3.04. The molecule has 7 nitrogen and oxygen atoms in total. The van der Waals surface area contributed by atoms with Crippen molar-refractivity contribution in [3.05, 3.63) is 34.9 Å². The third-order valence-corrected chi connectivity index (χ3v) is 5.56. The van der Waals surface area contributed by atoms with Crippen molar-refractivity contribution in [1.29, 1.82) is 5.41 Å². The highest BCUT2D eigenvalue weighted by molar-refractivity contribution is 7.92. The van der Waals surface area contributed by atoms with Crippen molar-refractivity contribution in [1.82, 2.24) is 24.6 Å². The van der Waals surface area contributed by atoms with E-state index in [0.717, 1.165) is 30.5 Å². The van der Waals surface area contributed by atoms with Crippen molar-refractivity contribution in [3.8, 4) is 0 Å². The third-order valence-electron chi connectivity index (χ3n) is 5.13. The molecule has 3 rings (SSSR count). The summed E-state index contributed by atoms with van der Waals surface area (Å²) >= 11 is -0.0373. The smallest absolute Gasteiger partial charge is 0.255 e. The summed E-state index contributed by atoms with van der Waals surface area (Å²) < 4.78 is 14.5. The SMILES string of the molecule is CNC1=C(C(=N)c2cnc3c(n2)c(C(=O)NC(C)C)cn3SF)CCC(C)(C)C1. The van der Waals surface area contributed by atoms with Crippen molar-refractivity contribution in [3.63, 3.8) is 0 Å². The van der Waals surface area contributed by atoms with E-state index in [0.29, 0.717) is 11.2 Å². The van der Waals surface area contributed by atoms with Gasteiger partial charge in [-0.15, -0.1) is 3.89 Å². The molecule has 3 N–H and O–H groups in total. The molecule has 1 aliphatic rings. The normalized spacial score (nSPS) is 16.4. The van der Waals surface area contributed by atoms with Gasteiger partial charge in [0.05, 0.1) is 17.5 Å². The van der Waals surface area contributed by atoms with Crippen LogP contribution >= 0.6 is 12.3 Å². The van der Waals surface area contributed by atoms with Crippen LogP contribution in [0.4, 0.5) is 3.89 Å². The van der Waals surface area contributed by atoms with Crippen molar-refractivity contribution in [2.45, 2.75) is 53.0 Å². The number of nitrogens with one attached hydrogen (secondary N) is 3. The minimum Gasteiger partial charge on any atom is -0.391 e. The van der Waals surface area contributed by atoms with E-state index in [-0.39, 0.29) is 46.6 Å². The number of rotatable bonds is 6. The number of amides is 1. The van der Waals surface area contributed by atoms with E-state index < -0.39 is 0 Å². The minimum absolute atomic E-state index is 0.0373. The van der Waals surface area contributed by atoms with Crippen molar-refractivity contribution in [2.24, 2.45) is 5.41 Å². The molecular weight excluding hydrogens is 391 g/mol. The maximum absolute atomic E-state index is 13.3. The molecule has 0 unspecified atom stereocenters. The molecule has 1 aliphatic carbocycles. The molecule has 9 heteroatoms. The first kappa shape index (κ1) is 21.3. The van der Waals surface area contributed by atoms with Crippen LogP contribution in [0.15, 0.2) is 23.7 Å². The number of carbonyl (C=O) groups excluding carboxylic acids is 1. The van der Waals surface area contributed by atoms with Crippen LogP contribution in [0.1, 0.15) is 63.0 Å². The van der Waals surface area contributed by atoms with E-state index in [1.165, 1.54) is 16.4 Å². The first-order valence-corrected chi connectivity index (χ1v) is 10.3. The highest BCUT2D eigenvalue weighted by Crippen LogP contribution is 2.38. The van der Waals surface area contributed by atoms with Crippen LogP contribution in [-0.4, -0.2) is 38.6 Å². The molecular formula is C20H27FN6OS. The largest absolute Gasteiger partial charge is 0.391 e. The number of allylic oxidation sites excluding steroid dienone is 2. The molecule has 0 bridgehead atoms. The average molecular weight is 419 g/mol. The zero-order valence-electron chi connectivity index (χ0n) is 17.4. The summed E-state index contributed by atoms with van der Waals surface area (Å²) in [6, 6.07) is -0.0673. The fraction of sp³-hybridized carbons (Fsp3) is 0.500. The molecule has 0 radical (unpaired) electrons. The summed E-state index contributed by atoms with van der Waals surface area (Å²) in [5.74, 6) is -0.342. The maximum Gasteiger partial charge on any atom is 0.255 e. The van der Waals surface area contributed by atoms with Crippen LogP contribution in [0.2, 0.25) is 0 Å². The molecule has 0 saturated carbocycles. The van der Waals surface area contributed by atoms with Crippen LogP contribution in [-0.2, 0) is 0 Å². The van der Waals surface area contributed by atoms with Crippen molar-refractivity contribution >= 4 is 35.1 Å². The summed E-state index contributed by atoms with van der Waals surface area (Å²) in [4.78, 5) is 21.4. The Balaban J connectivity index is 2.06. The molecule has 29 heavy (non-hydrogen) atoms. The van der Waals surface area contributed by atoms with E-state index >= 15 is 0 Å². The Morgan fingerprint density at radius 1 is 1.41 bits per heavy atom. The summed E-state index contributed by atoms with van der Waals surface area (Å²) in [7, 11) is 1.87. The lowest BCUT2D eigenvalue weighted by Gasteiger charge is -2.33. The lowest BCUT2D eigenvalue weighted by atomic mass is 9.75. The molecule has 0 atom stereocenters. The fourth-order valence-electron chi connectivity index (χ4n) is 3.60. The Morgan fingerprint density at radius 3 is 2.76 bits per heavy atom. The van der Waals surface area contributed by atoms with Gasteiger partial charge < -0.3 is 10.6 Å². The Labute approximate surface area is 174 Å². The van der Waals surface area contributed by atoms with Gasteiger partial charge in [-0.05, 0) is 44.1 Å². The predicted molar refractivity (Wildman–Crippen MR) is 115 cm³/mol. The minimum atomic E-state index is -0.342. The first-order chi connectivity index (χ1) is 13.7. The van der Waals surface area contributed by atoms with Gasteiger partial charge in [-0.3, -0.25) is 10.2 Å². The monoisotopic (exact) mass is 418 g/mol. The Hall–Kier alpha value is -2.42. The Morgan fingerprint density at radius 2 is 2.14 bits per heavy atom. The number of hydrogen-bond donors (Lipinski definition) is 3. The van der Waals surface area contributed by atoms with Gasteiger partial charge in [0.1, 0.15) is 11.2 Å².